The second-order valence-electron chi connectivity index (χ2n) is 8.80. The Kier molecular flexibility index (Phi) is 7.73. The number of carbonyl (C=O) groups is 1. The highest BCUT2D eigenvalue weighted by Crippen LogP contribution is 2.33. The maximum atomic E-state index is 11.6. The van der Waals surface area contributed by atoms with E-state index in [1.54, 1.807) is 0 Å². The van der Waals surface area contributed by atoms with Crippen molar-refractivity contribution in [2.45, 2.75) is 48.9 Å². The van der Waals surface area contributed by atoms with Gasteiger partial charge in [0.15, 0.2) is 0 Å². The van der Waals surface area contributed by atoms with Crippen LogP contribution in [0.1, 0.15) is 41.0 Å². The van der Waals surface area contributed by atoms with Gasteiger partial charge >= 0.3 is 6.09 Å². The summed E-state index contributed by atoms with van der Waals surface area (Å²) >= 11 is 1.81. The highest BCUT2D eigenvalue weighted by Gasteiger charge is 2.22. The van der Waals surface area contributed by atoms with E-state index in [2.05, 4.69) is 84.7 Å². The van der Waals surface area contributed by atoms with Gasteiger partial charge in [0.25, 0.3) is 0 Å². The van der Waals surface area contributed by atoms with Gasteiger partial charge in [-0.05, 0) is 98.8 Å². The van der Waals surface area contributed by atoms with Crippen LogP contribution in [0, 0.1) is 13.8 Å². The topological polar surface area (TPSA) is 41.6 Å². The van der Waals surface area contributed by atoms with Crippen molar-refractivity contribution < 1.29 is 9.53 Å². The zero-order chi connectivity index (χ0) is 23.2. The molecule has 1 N–H and O–H groups in total. The average molecular weight is 461 g/mol. The molecule has 1 amide bonds. The van der Waals surface area contributed by atoms with Crippen molar-refractivity contribution in [3.8, 4) is 0 Å². The third kappa shape index (κ3) is 6.40. The zero-order valence-corrected chi connectivity index (χ0v) is 20.5. The molecule has 1 aliphatic heterocycles. The van der Waals surface area contributed by atoms with Gasteiger partial charge in [-0.1, -0.05) is 47.7 Å². The molecule has 0 atom stereocenters. The summed E-state index contributed by atoms with van der Waals surface area (Å²) in [6.07, 6.45) is 1.83. The predicted molar refractivity (Wildman–Crippen MR) is 136 cm³/mol. The van der Waals surface area contributed by atoms with Gasteiger partial charge in [-0.25, -0.2) is 4.79 Å². The molecule has 4 nitrogen and oxygen atoms in total. The summed E-state index contributed by atoms with van der Waals surface area (Å²) in [5.74, 6) is 0.522. The largest absolute Gasteiger partial charge is 0.453 e. The van der Waals surface area contributed by atoms with Crippen LogP contribution in [-0.2, 0) is 11.3 Å². The van der Waals surface area contributed by atoms with Gasteiger partial charge in [0.05, 0.1) is 7.11 Å². The van der Waals surface area contributed by atoms with Crippen molar-refractivity contribution in [1.29, 1.82) is 0 Å². The van der Waals surface area contributed by atoms with Gasteiger partial charge in [-0.3, -0.25) is 10.2 Å². The Labute approximate surface area is 201 Å². The number of carbonyl (C=O) groups excluding carboxylic acids is 1. The standard InChI is InChI=1S/C28H32N2O2S/c1-20-5-4-6-26(17-20)33-25-11-8-22(9-12-25)19-30-15-13-23(14-16-30)27-18-24(10-7-21(27)2)29-28(31)32-3/h4-12,17-18,23H,13-16,19H2,1-3H3,(H,29,31). The number of piperidine rings is 1. The first-order chi connectivity index (χ1) is 16.0. The number of likely N-dealkylation sites (tertiary alicyclic amines) is 1. The highest BCUT2D eigenvalue weighted by atomic mass is 32.2. The lowest BCUT2D eigenvalue weighted by Gasteiger charge is -2.33. The van der Waals surface area contributed by atoms with Gasteiger partial charge in [0, 0.05) is 22.0 Å². The van der Waals surface area contributed by atoms with Gasteiger partial charge in [-0.2, -0.15) is 0 Å². The summed E-state index contributed by atoms with van der Waals surface area (Å²) in [7, 11) is 1.39. The van der Waals surface area contributed by atoms with E-state index >= 15 is 0 Å². The summed E-state index contributed by atoms with van der Waals surface area (Å²) in [5, 5.41) is 2.79. The Bertz CT molecular complexity index is 1090. The van der Waals surface area contributed by atoms with E-state index in [-0.39, 0.29) is 0 Å². The molecular formula is C28H32N2O2S. The lowest BCUT2D eigenvalue weighted by Crippen LogP contribution is -2.32. The normalized spacial score (nSPS) is 14.8. The van der Waals surface area contributed by atoms with Crippen molar-refractivity contribution in [3.63, 3.8) is 0 Å². The quantitative estimate of drug-likeness (QED) is 0.429. The highest BCUT2D eigenvalue weighted by molar-refractivity contribution is 7.99. The minimum absolute atomic E-state index is 0.428. The number of nitrogens with zero attached hydrogens (tertiary/aromatic N) is 1. The summed E-state index contributed by atoms with van der Waals surface area (Å²) in [4.78, 5) is 16.7. The SMILES string of the molecule is COC(=O)Nc1ccc(C)c(C2CCN(Cc3ccc(Sc4cccc(C)c4)cc3)CC2)c1. The van der Waals surface area contributed by atoms with Crippen LogP contribution in [0.2, 0.25) is 0 Å². The molecular weight excluding hydrogens is 428 g/mol. The van der Waals surface area contributed by atoms with Crippen LogP contribution in [-0.4, -0.2) is 31.2 Å². The van der Waals surface area contributed by atoms with Crippen LogP contribution in [0.5, 0.6) is 0 Å². The van der Waals surface area contributed by atoms with E-state index in [0.29, 0.717) is 5.92 Å². The minimum atomic E-state index is -0.428. The Morgan fingerprint density at radius 2 is 1.76 bits per heavy atom. The average Bonchev–Trinajstić information content (AvgIpc) is 2.82. The number of ether oxygens (including phenoxy) is 1. The van der Waals surface area contributed by atoms with Crippen molar-refractivity contribution in [3.05, 3.63) is 89.0 Å². The molecule has 3 aromatic rings. The van der Waals surface area contributed by atoms with Crippen LogP contribution < -0.4 is 5.32 Å². The smallest absolute Gasteiger partial charge is 0.411 e. The van der Waals surface area contributed by atoms with Gasteiger partial charge < -0.3 is 4.74 Å². The number of benzene rings is 3. The minimum Gasteiger partial charge on any atom is -0.453 e. The molecule has 0 bridgehead atoms. The van der Waals surface area contributed by atoms with Crippen LogP contribution in [0.25, 0.3) is 0 Å². The molecule has 1 saturated heterocycles. The summed E-state index contributed by atoms with van der Waals surface area (Å²) in [6, 6.07) is 23.8. The molecule has 5 heteroatoms. The van der Waals surface area contributed by atoms with Crippen LogP contribution in [0.15, 0.2) is 76.5 Å². The number of anilines is 1. The van der Waals surface area contributed by atoms with Crippen molar-refractivity contribution in [2.24, 2.45) is 0 Å². The number of nitrogens with one attached hydrogen (secondary N) is 1. The molecule has 1 aliphatic rings. The van der Waals surface area contributed by atoms with Crippen LogP contribution in [0.3, 0.4) is 0 Å². The van der Waals surface area contributed by atoms with E-state index in [1.165, 1.54) is 39.2 Å². The predicted octanol–water partition coefficient (Wildman–Crippen LogP) is 7.01. The molecule has 0 unspecified atom stereocenters. The Morgan fingerprint density at radius 3 is 2.45 bits per heavy atom. The maximum absolute atomic E-state index is 11.6. The van der Waals surface area contributed by atoms with Crippen molar-refractivity contribution >= 4 is 23.5 Å². The molecule has 33 heavy (non-hydrogen) atoms. The molecule has 0 spiro atoms. The number of hydrogen-bond donors (Lipinski definition) is 1. The lowest BCUT2D eigenvalue weighted by atomic mass is 9.86. The third-order valence-corrected chi connectivity index (χ3v) is 7.29. The van der Waals surface area contributed by atoms with E-state index in [4.69, 9.17) is 4.74 Å². The van der Waals surface area contributed by atoms with Crippen molar-refractivity contribution in [1.82, 2.24) is 4.90 Å². The number of aryl methyl sites for hydroxylation is 2. The fraction of sp³-hybridized carbons (Fsp3) is 0.321. The van der Waals surface area contributed by atoms with Crippen LogP contribution in [0.4, 0.5) is 10.5 Å². The lowest BCUT2D eigenvalue weighted by molar-refractivity contribution is 0.187. The van der Waals surface area contributed by atoms with E-state index < -0.39 is 6.09 Å². The Hall–Kier alpha value is -2.76. The molecule has 1 fully saturated rings. The van der Waals surface area contributed by atoms with E-state index in [9.17, 15) is 4.79 Å². The molecule has 0 aromatic heterocycles. The Balaban J connectivity index is 1.31. The first kappa shape index (κ1) is 23.4. The summed E-state index contributed by atoms with van der Waals surface area (Å²) in [6.45, 7) is 7.44. The second-order valence-corrected chi connectivity index (χ2v) is 9.95. The molecule has 0 aliphatic carbocycles. The number of methoxy groups -OCH3 is 1. The maximum Gasteiger partial charge on any atom is 0.411 e. The van der Waals surface area contributed by atoms with Crippen molar-refractivity contribution in [2.75, 3.05) is 25.5 Å². The molecule has 4 rings (SSSR count). The fourth-order valence-electron chi connectivity index (χ4n) is 4.47. The number of hydrogen-bond acceptors (Lipinski definition) is 4. The molecule has 3 aromatic carbocycles. The third-order valence-electron chi connectivity index (χ3n) is 6.29. The molecule has 1 heterocycles. The van der Waals surface area contributed by atoms with Gasteiger partial charge in [0.1, 0.15) is 0 Å². The van der Waals surface area contributed by atoms with Gasteiger partial charge in [0.2, 0.25) is 0 Å². The zero-order valence-electron chi connectivity index (χ0n) is 19.6. The second kappa shape index (κ2) is 10.9. The molecule has 172 valence electrons. The first-order valence-electron chi connectivity index (χ1n) is 11.5. The van der Waals surface area contributed by atoms with Crippen LogP contribution >= 0.6 is 11.8 Å². The molecule has 0 saturated carbocycles. The number of amides is 1. The van der Waals surface area contributed by atoms with E-state index in [0.717, 1.165) is 38.2 Å². The Morgan fingerprint density at radius 1 is 1.00 bits per heavy atom. The van der Waals surface area contributed by atoms with Gasteiger partial charge in [-0.15, -0.1) is 0 Å². The van der Waals surface area contributed by atoms with E-state index in [1.807, 2.05) is 17.8 Å². The summed E-state index contributed by atoms with van der Waals surface area (Å²) < 4.78 is 4.72. The monoisotopic (exact) mass is 460 g/mol. The summed E-state index contributed by atoms with van der Waals surface area (Å²) in [5.41, 5.74) is 6.07. The first-order valence-corrected chi connectivity index (χ1v) is 12.3. The number of rotatable bonds is 6. The molecule has 0 radical (unpaired) electrons. The fourth-order valence-corrected chi connectivity index (χ4v) is 5.40.